The predicted octanol–water partition coefficient (Wildman–Crippen LogP) is 5.17. The highest BCUT2D eigenvalue weighted by molar-refractivity contribution is 7.99. The zero-order valence-electron chi connectivity index (χ0n) is 19.7. The number of nitrogens with zero attached hydrogens (tertiary/aromatic N) is 4. The topological polar surface area (TPSA) is 75.1 Å². The summed E-state index contributed by atoms with van der Waals surface area (Å²) in [5, 5.41) is 11.2. The molecular weight excluding hydrogens is 452 g/mol. The van der Waals surface area contributed by atoms with Crippen LogP contribution >= 0.6 is 23.1 Å². The molecule has 9 heteroatoms. The largest absolute Gasteiger partial charge is 0.326 e. The van der Waals surface area contributed by atoms with E-state index >= 15 is 0 Å². The highest BCUT2D eigenvalue weighted by Gasteiger charge is 2.22. The van der Waals surface area contributed by atoms with Gasteiger partial charge in [0.25, 0.3) is 0 Å². The van der Waals surface area contributed by atoms with Crippen molar-refractivity contribution < 1.29 is 4.79 Å². The van der Waals surface area contributed by atoms with Crippen LogP contribution in [0.25, 0.3) is 5.69 Å². The Kier molecular flexibility index (Phi) is 7.41. The molecule has 0 spiro atoms. The highest BCUT2D eigenvalue weighted by atomic mass is 32.2. The summed E-state index contributed by atoms with van der Waals surface area (Å²) in [6.45, 7) is 11.7. The van der Waals surface area contributed by atoms with Crippen molar-refractivity contribution in [3.05, 3.63) is 52.7 Å². The second-order valence-electron chi connectivity index (χ2n) is 9.33. The summed E-state index contributed by atoms with van der Waals surface area (Å²) in [5.41, 5.74) is 2.85. The Bertz CT molecular complexity index is 1080. The van der Waals surface area contributed by atoms with Crippen LogP contribution in [0.5, 0.6) is 0 Å². The van der Waals surface area contributed by atoms with Crippen molar-refractivity contribution in [1.29, 1.82) is 0 Å². The standard InChI is InChI=1S/C24H32N6OS2/c1-17-5-7-18(8-6-17)30-21(15-20(28-30)24(2,3)4)26-22(31)27-23-25-16-19(33-23)9-10-29-11-13-32-14-12-29/h5-8,15-16H,9-14H2,1-4H3,(H2,25,26,27,31). The third-order valence-corrected chi connectivity index (χ3v) is 7.47. The Morgan fingerprint density at radius 3 is 2.55 bits per heavy atom. The molecule has 3 heterocycles. The number of thiazole rings is 1. The van der Waals surface area contributed by atoms with Gasteiger partial charge in [-0.15, -0.1) is 11.3 Å². The number of hydrogen-bond acceptors (Lipinski definition) is 6. The first-order valence-corrected chi connectivity index (χ1v) is 13.3. The Balaban J connectivity index is 1.42. The van der Waals surface area contributed by atoms with Gasteiger partial charge in [-0.1, -0.05) is 38.5 Å². The van der Waals surface area contributed by atoms with Gasteiger partial charge in [0.15, 0.2) is 5.13 Å². The second-order valence-corrected chi connectivity index (χ2v) is 11.7. The minimum atomic E-state index is -0.322. The van der Waals surface area contributed by atoms with Crippen molar-refractivity contribution in [2.45, 2.75) is 39.5 Å². The van der Waals surface area contributed by atoms with Gasteiger partial charge in [0.2, 0.25) is 0 Å². The van der Waals surface area contributed by atoms with Crippen LogP contribution in [0.2, 0.25) is 0 Å². The zero-order chi connectivity index (χ0) is 23.4. The van der Waals surface area contributed by atoms with Crippen LogP contribution in [-0.4, -0.2) is 56.8 Å². The van der Waals surface area contributed by atoms with Gasteiger partial charge in [-0.3, -0.25) is 10.6 Å². The summed E-state index contributed by atoms with van der Waals surface area (Å²) in [6.07, 6.45) is 2.83. The molecule has 0 bridgehead atoms. The minimum absolute atomic E-state index is 0.139. The van der Waals surface area contributed by atoms with Gasteiger partial charge in [0.1, 0.15) is 5.82 Å². The molecule has 0 unspecified atom stereocenters. The number of carbonyl (C=O) groups is 1. The molecule has 1 fully saturated rings. The summed E-state index contributed by atoms with van der Waals surface area (Å²) < 4.78 is 1.78. The molecule has 4 rings (SSSR count). The summed E-state index contributed by atoms with van der Waals surface area (Å²) in [4.78, 5) is 20.9. The maximum atomic E-state index is 12.8. The molecule has 7 nitrogen and oxygen atoms in total. The zero-order valence-corrected chi connectivity index (χ0v) is 21.4. The molecule has 33 heavy (non-hydrogen) atoms. The van der Waals surface area contributed by atoms with E-state index in [1.807, 2.05) is 55.2 Å². The third-order valence-electron chi connectivity index (χ3n) is 5.55. The quantitative estimate of drug-likeness (QED) is 0.505. The highest BCUT2D eigenvalue weighted by Crippen LogP contribution is 2.27. The summed E-state index contributed by atoms with van der Waals surface area (Å²) in [7, 11) is 0. The van der Waals surface area contributed by atoms with E-state index in [0.29, 0.717) is 10.9 Å². The average molecular weight is 485 g/mol. The molecule has 1 aliphatic rings. The Morgan fingerprint density at radius 2 is 1.85 bits per heavy atom. The smallest absolute Gasteiger partial charge is 0.301 e. The van der Waals surface area contributed by atoms with Gasteiger partial charge in [-0.25, -0.2) is 14.5 Å². The Hall–Kier alpha value is -2.36. The fourth-order valence-corrected chi connectivity index (χ4v) is 5.31. The molecule has 2 aromatic heterocycles. The van der Waals surface area contributed by atoms with Crippen molar-refractivity contribution in [1.82, 2.24) is 19.7 Å². The van der Waals surface area contributed by atoms with Crippen molar-refractivity contribution in [3.8, 4) is 5.69 Å². The van der Waals surface area contributed by atoms with Gasteiger partial charge in [0, 0.05) is 53.7 Å². The number of amides is 2. The third kappa shape index (κ3) is 6.37. The summed E-state index contributed by atoms with van der Waals surface area (Å²) in [6, 6.07) is 9.70. The molecule has 1 saturated heterocycles. The lowest BCUT2D eigenvalue weighted by Crippen LogP contribution is -2.34. The van der Waals surface area contributed by atoms with Crippen molar-refractivity contribution >= 4 is 40.1 Å². The van der Waals surface area contributed by atoms with Gasteiger partial charge in [0.05, 0.1) is 11.4 Å². The van der Waals surface area contributed by atoms with Crippen LogP contribution in [0, 0.1) is 6.92 Å². The van der Waals surface area contributed by atoms with E-state index in [4.69, 9.17) is 5.10 Å². The fourth-order valence-electron chi connectivity index (χ4n) is 3.54. The number of benzene rings is 1. The number of hydrogen-bond donors (Lipinski definition) is 2. The lowest BCUT2D eigenvalue weighted by molar-refractivity contribution is 0.262. The maximum Gasteiger partial charge on any atom is 0.326 e. The van der Waals surface area contributed by atoms with Crippen LogP contribution in [0.15, 0.2) is 36.5 Å². The number of aromatic nitrogens is 3. The van der Waals surface area contributed by atoms with E-state index in [9.17, 15) is 4.79 Å². The van der Waals surface area contributed by atoms with Crippen LogP contribution in [0.1, 0.15) is 36.9 Å². The van der Waals surface area contributed by atoms with E-state index in [2.05, 4.69) is 41.3 Å². The number of aryl methyl sites for hydroxylation is 1. The Morgan fingerprint density at radius 1 is 1.12 bits per heavy atom. The van der Waals surface area contributed by atoms with Gasteiger partial charge >= 0.3 is 6.03 Å². The van der Waals surface area contributed by atoms with E-state index < -0.39 is 0 Å². The molecular formula is C24H32N6OS2. The van der Waals surface area contributed by atoms with Crippen molar-refractivity contribution in [3.63, 3.8) is 0 Å². The van der Waals surface area contributed by atoms with Gasteiger partial charge in [-0.2, -0.15) is 16.9 Å². The van der Waals surface area contributed by atoms with E-state index in [0.717, 1.165) is 37.4 Å². The van der Waals surface area contributed by atoms with Crippen molar-refractivity contribution in [2.24, 2.45) is 0 Å². The maximum absolute atomic E-state index is 12.8. The van der Waals surface area contributed by atoms with Crippen LogP contribution in [0.4, 0.5) is 15.7 Å². The first kappa shape index (κ1) is 23.8. The molecule has 1 aliphatic heterocycles. The number of urea groups is 1. The molecule has 0 saturated carbocycles. The molecule has 3 aromatic rings. The van der Waals surface area contributed by atoms with E-state index in [1.54, 1.807) is 4.68 Å². The number of anilines is 2. The molecule has 0 aliphatic carbocycles. The van der Waals surface area contributed by atoms with E-state index in [-0.39, 0.29) is 11.4 Å². The SMILES string of the molecule is Cc1ccc(-n2nc(C(C)(C)C)cc2NC(=O)Nc2ncc(CCN3CCSCC3)s2)cc1. The summed E-state index contributed by atoms with van der Waals surface area (Å²) in [5.74, 6) is 3.05. The molecule has 176 valence electrons. The predicted molar refractivity (Wildman–Crippen MR) is 139 cm³/mol. The second kappa shape index (κ2) is 10.3. The molecule has 2 amide bonds. The van der Waals surface area contributed by atoms with Crippen LogP contribution in [-0.2, 0) is 11.8 Å². The molecule has 0 atom stereocenters. The first-order chi connectivity index (χ1) is 15.8. The number of rotatable bonds is 6. The molecule has 2 N–H and O–H groups in total. The lowest BCUT2D eigenvalue weighted by atomic mass is 9.92. The minimum Gasteiger partial charge on any atom is -0.301 e. The molecule has 1 aromatic carbocycles. The summed E-state index contributed by atoms with van der Waals surface area (Å²) >= 11 is 3.56. The number of nitrogens with one attached hydrogen (secondary N) is 2. The van der Waals surface area contributed by atoms with Crippen molar-refractivity contribution in [2.75, 3.05) is 41.8 Å². The number of carbonyl (C=O) groups excluding carboxylic acids is 1. The first-order valence-electron chi connectivity index (χ1n) is 11.3. The van der Waals surface area contributed by atoms with Crippen LogP contribution < -0.4 is 10.6 Å². The average Bonchev–Trinajstić information content (AvgIpc) is 3.40. The molecule has 0 radical (unpaired) electrons. The normalized spacial score (nSPS) is 14.9. The monoisotopic (exact) mass is 484 g/mol. The van der Waals surface area contributed by atoms with Gasteiger partial charge < -0.3 is 4.90 Å². The lowest BCUT2D eigenvalue weighted by Gasteiger charge is -2.25. The number of thioether (sulfide) groups is 1. The van der Waals surface area contributed by atoms with E-state index in [1.165, 1.54) is 33.3 Å². The van der Waals surface area contributed by atoms with Crippen LogP contribution in [0.3, 0.4) is 0 Å². The fraction of sp³-hybridized carbons (Fsp3) is 0.458. The Labute approximate surface area is 204 Å². The van der Waals surface area contributed by atoms with Gasteiger partial charge in [-0.05, 0) is 25.5 Å².